The highest BCUT2D eigenvalue weighted by molar-refractivity contribution is 5.87. The van der Waals surface area contributed by atoms with E-state index in [4.69, 9.17) is 0 Å². The summed E-state index contributed by atoms with van der Waals surface area (Å²) in [5.41, 5.74) is 3.61. The van der Waals surface area contributed by atoms with Crippen LogP contribution in [0.4, 0.5) is 0 Å². The molecule has 15 heavy (non-hydrogen) atoms. The van der Waals surface area contributed by atoms with E-state index in [1.54, 1.807) is 0 Å². The summed E-state index contributed by atoms with van der Waals surface area (Å²) in [6.45, 7) is 9.91. The van der Waals surface area contributed by atoms with Gasteiger partial charge in [0.2, 0.25) is 0 Å². The van der Waals surface area contributed by atoms with Crippen molar-refractivity contribution >= 4 is 5.71 Å². The lowest BCUT2D eigenvalue weighted by molar-refractivity contribution is 0.853. The molecule has 0 aromatic carbocycles. The van der Waals surface area contributed by atoms with Crippen molar-refractivity contribution in [2.75, 3.05) is 0 Å². The van der Waals surface area contributed by atoms with E-state index < -0.39 is 0 Å². The van der Waals surface area contributed by atoms with Crippen LogP contribution >= 0.6 is 0 Å². The molecule has 0 heterocycles. The van der Waals surface area contributed by atoms with Gasteiger partial charge in [0.25, 0.3) is 0 Å². The highest BCUT2D eigenvalue weighted by Crippen LogP contribution is 2.17. The lowest BCUT2D eigenvalue weighted by Crippen LogP contribution is -2.09. The molecule has 0 bridgehead atoms. The number of allylic oxidation sites excluding steroid dienone is 6. The van der Waals surface area contributed by atoms with Crippen LogP contribution in [0.3, 0.4) is 0 Å². The van der Waals surface area contributed by atoms with Crippen molar-refractivity contribution in [3.8, 4) is 0 Å². The molecule has 1 unspecified atom stereocenters. The molecule has 1 aliphatic carbocycles. The Morgan fingerprint density at radius 1 is 1.53 bits per heavy atom. The standard InChI is InChI=1S/C14H19N/c1-5-11(2)10-15-13(4)14-8-6-12(3)7-9-14/h5-8,10,14H,1,9H2,2-4H3/b11-10-,15-13+. The van der Waals surface area contributed by atoms with E-state index in [9.17, 15) is 0 Å². The Labute approximate surface area is 92.6 Å². The summed E-state index contributed by atoms with van der Waals surface area (Å²) in [5.74, 6) is 0.461. The normalized spacial score (nSPS) is 22.6. The first-order valence-electron chi connectivity index (χ1n) is 5.32. The minimum atomic E-state index is 0.461. The maximum Gasteiger partial charge on any atom is 0.0296 e. The molecule has 1 heteroatoms. The van der Waals surface area contributed by atoms with Crippen LogP contribution < -0.4 is 0 Å². The zero-order valence-electron chi connectivity index (χ0n) is 9.83. The van der Waals surface area contributed by atoms with Crippen molar-refractivity contribution < 1.29 is 0 Å². The van der Waals surface area contributed by atoms with Crippen LogP contribution in [0, 0.1) is 5.92 Å². The zero-order valence-corrected chi connectivity index (χ0v) is 9.83. The molecular formula is C14H19N. The Morgan fingerprint density at radius 2 is 2.27 bits per heavy atom. The minimum Gasteiger partial charge on any atom is -0.265 e. The van der Waals surface area contributed by atoms with E-state index in [-0.39, 0.29) is 0 Å². The van der Waals surface area contributed by atoms with E-state index in [1.165, 1.54) is 5.57 Å². The molecule has 0 aromatic rings. The summed E-state index contributed by atoms with van der Waals surface area (Å²) >= 11 is 0. The van der Waals surface area contributed by atoms with E-state index in [0.29, 0.717) is 5.92 Å². The molecule has 1 nitrogen and oxygen atoms in total. The molecule has 1 aliphatic rings. The van der Waals surface area contributed by atoms with Crippen LogP contribution in [0.25, 0.3) is 0 Å². The average molecular weight is 201 g/mol. The first kappa shape index (κ1) is 11.7. The number of hydrogen-bond acceptors (Lipinski definition) is 1. The molecule has 0 aromatic heterocycles. The third-order valence-electron chi connectivity index (χ3n) is 2.62. The lowest BCUT2D eigenvalue weighted by Gasteiger charge is -2.13. The molecule has 0 N–H and O–H groups in total. The van der Waals surface area contributed by atoms with Crippen LogP contribution in [0.5, 0.6) is 0 Å². The SMILES string of the molecule is C=C/C(C)=C\N=C(/C)C1C=CC(C)=CC1. The molecular weight excluding hydrogens is 182 g/mol. The first-order valence-corrected chi connectivity index (χ1v) is 5.32. The van der Waals surface area contributed by atoms with E-state index >= 15 is 0 Å². The summed E-state index contributed by atoms with van der Waals surface area (Å²) < 4.78 is 0. The van der Waals surface area contributed by atoms with Gasteiger partial charge in [-0.25, -0.2) is 0 Å². The molecule has 0 amide bonds. The number of aliphatic imine (C=N–C) groups is 1. The predicted molar refractivity (Wildman–Crippen MR) is 68.1 cm³/mol. The molecule has 0 saturated heterocycles. The van der Waals surface area contributed by atoms with Crippen molar-refractivity contribution in [1.82, 2.24) is 0 Å². The van der Waals surface area contributed by atoms with Gasteiger partial charge in [0, 0.05) is 17.8 Å². The monoisotopic (exact) mass is 201 g/mol. The molecule has 1 rings (SSSR count). The van der Waals surface area contributed by atoms with Gasteiger partial charge in [-0.05, 0) is 32.8 Å². The molecule has 0 fully saturated rings. The van der Waals surface area contributed by atoms with Crippen LogP contribution in [-0.4, -0.2) is 5.71 Å². The van der Waals surface area contributed by atoms with Gasteiger partial charge in [0.15, 0.2) is 0 Å². The lowest BCUT2D eigenvalue weighted by atomic mass is 9.94. The second-order valence-electron chi connectivity index (χ2n) is 4.00. The fourth-order valence-electron chi connectivity index (χ4n) is 1.39. The van der Waals surface area contributed by atoms with Gasteiger partial charge in [0.05, 0.1) is 0 Å². The third-order valence-corrected chi connectivity index (χ3v) is 2.62. The van der Waals surface area contributed by atoms with Crippen molar-refractivity contribution in [2.45, 2.75) is 27.2 Å². The van der Waals surface area contributed by atoms with Crippen LogP contribution in [0.15, 0.2) is 53.2 Å². The Morgan fingerprint density at radius 3 is 2.80 bits per heavy atom. The molecule has 0 spiro atoms. The quantitative estimate of drug-likeness (QED) is 0.482. The Hall–Kier alpha value is -1.37. The summed E-state index contributed by atoms with van der Waals surface area (Å²) in [5, 5.41) is 0. The molecule has 1 atom stereocenters. The Kier molecular flexibility index (Phi) is 4.29. The van der Waals surface area contributed by atoms with E-state index in [1.807, 2.05) is 19.2 Å². The third kappa shape index (κ3) is 3.70. The average Bonchev–Trinajstić information content (AvgIpc) is 2.26. The fraction of sp³-hybridized carbons (Fsp3) is 0.357. The van der Waals surface area contributed by atoms with Crippen molar-refractivity contribution in [1.29, 1.82) is 0 Å². The molecule has 80 valence electrons. The second kappa shape index (κ2) is 5.50. The molecule has 0 saturated carbocycles. The minimum absolute atomic E-state index is 0.461. The zero-order chi connectivity index (χ0) is 11.3. The van der Waals surface area contributed by atoms with Gasteiger partial charge in [-0.2, -0.15) is 0 Å². The van der Waals surface area contributed by atoms with E-state index in [0.717, 1.165) is 17.7 Å². The molecule has 0 radical (unpaired) electrons. The maximum absolute atomic E-state index is 4.45. The van der Waals surface area contributed by atoms with Gasteiger partial charge in [-0.3, -0.25) is 4.99 Å². The number of nitrogens with zero attached hydrogens (tertiary/aromatic N) is 1. The maximum atomic E-state index is 4.45. The summed E-state index contributed by atoms with van der Waals surface area (Å²) in [6.07, 6.45) is 11.4. The smallest absolute Gasteiger partial charge is 0.0296 e. The van der Waals surface area contributed by atoms with Gasteiger partial charge in [-0.1, -0.05) is 36.5 Å². The van der Waals surface area contributed by atoms with Crippen LogP contribution in [0.2, 0.25) is 0 Å². The summed E-state index contributed by atoms with van der Waals surface area (Å²) in [4.78, 5) is 4.45. The topological polar surface area (TPSA) is 12.4 Å². The summed E-state index contributed by atoms with van der Waals surface area (Å²) in [6, 6.07) is 0. The van der Waals surface area contributed by atoms with Gasteiger partial charge in [0.1, 0.15) is 0 Å². The highest BCUT2D eigenvalue weighted by atomic mass is 14.7. The van der Waals surface area contributed by atoms with Crippen molar-refractivity contribution in [3.63, 3.8) is 0 Å². The second-order valence-corrected chi connectivity index (χ2v) is 4.00. The predicted octanol–water partition coefficient (Wildman–Crippen LogP) is 4.06. The number of hydrogen-bond donors (Lipinski definition) is 0. The Balaban J connectivity index is 2.66. The van der Waals surface area contributed by atoms with Gasteiger partial charge < -0.3 is 0 Å². The van der Waals surface area contributed by atoms with Crippen LogP contribution in [-0.2, 0) is 0 Å². The first-order chi connectivity index (χ1) is 7.13. The number of rotatable bonds is 3. The van der Waals surface area contributed by atoms with Crippen molar-refractivity contribution in [2.24, 2.45) is 10.9 Å². The van der Waals surface area contributed by atoms with Gasteiger partial charge in [-0.15, -0.1) is 0 Å². The van der Waals surface area contributed by atoms with E-state index in [2.05, 4.69) is 43.6 Å². The fourth-order valence-corrected chi connectivity index (χ4v) is 1.39. The van der Waals surface area contributed by atoms with Crippen molar-refractivity contribution in [3.05, 3.63) is 48.2 Å². The van der Waals surface area contributed by atoms with Crippen LogP contribution in [0.1, 0.15) is 27.2 Å². The Bertz CT molecular complexity index is 354. The van der Waals surface area contributed by atoms with Gasteiger partial charge >= 0.3 is 0 Å². The molecule has 0 aliphatic heterocycles. The summed E-state index contributed by atoms with van der Waals surface area (Å²) in [7, 11) is 0. The largest absolute Gasteiger partial charge is 0.265 e. The highest BCUT2D eigenvalue weighted by Gasteiger charge is 2.09.